The van der Waals surface area contributed by atoms with E-state index in [2.05, 4.69) is 15.1 Å². The number of nitrogens with one attached hydrogen (secondary N) is 1. The number of hydrogen-bond donors (Lipinski definition) is 1. The fourth-order valence-corrected chi connectivity index (χ4v) is 2.76. The van der Waals surface area contributed by atoms with Gasteiger partial charge in [0.15, 0.2) is 5.78 Å². The van der Waals surface area contributed by atoms with Crippen LogP contribution in [-0.4, -0.2) is 25.5 Å². The second kappa shape index (κ2) is 7.25. The lowest BCUT2D eigenvalue weighted by Crippen LogP contribution is -2.21. The molecule has 3 aromatic rings. The molecule has 1 unspecified atom stereocenters. The van der Waals surface area contributed by atoms with Gasteiger partial charge in [0.25, 0.3) is 0 Å². The Kier molecular flexibility index (Phi) is 4.88. The maximum Gasteiger partial charge on any atom is 0.343 e. The van der Waals surface area contributed by atoms with E-state index in [1.165, 1.54) is 11.0 Å². The van der Waals surface area contributed by atoms with Crippen molar-refractivity contribution in [3.8, 4) is 0 Å². The monoisotopic (exact) mass is 336 g/mol. The zero-order chi connectivity index (χ0) is 17.8. The van der Waals surface area contributed by atoms with E-state index in [0.29, 0.717) is 18.7 Å². The quantitative estimate of drug-likeness (QED) is 0.701. The Balaban J connectivity index is 1.74. The lowest BCUT2D eigenvalue weighted by atomic mass is 9.97. The molecule has 6 heteroatoms. The molecule has 0 saturated carbocycles. The summed E-state index contributed by atoms with van der Waals surface area (Å²) in [5.41, 5.74) is 3.10. The molecule has 1 atom stereocenters. The van der Waals surface area contributed by atoms with Crippen LogP contribution in [0.2, 0.25) is 0 Å². The molecule has 6 nitrogen and oxygen atoms in total. The molecule has 0 fully saturated rings. The van der Waals surface area contributed by atoms with Crippen molar-refractivity contribution in [3.63, 3.8) is 0 Å². The van der Waals surface area contributed by atoms with Gasteiger partial charge in [0.2, 0.25) is 0 Å². The highest BCUT2D eigenvalue weighted by atomic mass is 16.1. The van der Waals surface area contributed by atoms with Gasteiger partial charge in [0.05, 0.1) is 6.54 Å². The van der Waals surface area contributed by atoms with E-state index in [1.54, 1.807) is 6.07 Å². The number of H-pyrrole nitrogens is 1. The molecule has 3 rings (SSSR count). The highest BCUT2D eigenvalue weighted by Crippen LogP contribution is 2.19. The van der Waals surface area contributed by atoms with Gasteiger partial charge in [-0.05, 0) is 30.2 Å². The van der Waals surface area contributed by atoms with Gasteiger partial charge in [-0.1, -0.05) is 37.3 Å². The number of nitrogens with zero attached hydrogens (tertiary/aromatic N) is 3. The molecule has 0 radical (unpaired) electrons. The fraction of sp³-hybridized carbons (Fsp3) is 0.263. The molecule has 128 valence electrons. The van der Waals surface area contributed by atoms with E-state index in [4.69, 9.17) is 0 Å². The number of hydrogen-bond acceptors (Lipinski definition) is 4. The zero-order valence-electron chi connectivity index (χ0n) is 14.3. The van der Waals surface area contributed by atoms with Crippen LogP contribution in [0.3, 0.4) is 0 Å². The molecule has 1 N–H and O–H groups in total. The summed E-state index contributed by atoms with van der Waals surface area (Å²) in [6, 6.07) is 13.3. The third-order valence-corrected chi connectivity index (χ3v) is 4.13. The average molecular weight is 336 g/mol. The molecule has 0 saturated heterocycles. The van der Waals surface area contributed by atoms with Crippen LogP contribution in [-0.2, 0) is 13.0 Å². The van der Waals surface area contributed by atoms with E-state index in [1.807, 2.05) is 50.2 Å². The van der Waals surface area contributed by atoms with E-state index in [9.17, 15) is 9.59 Å². The van der Waals surface area contributed by atoms with Crippen LogP contribution in [0.4, 0.5) is 0 Å². The first-order valence-corrected chi connectivity index (χ1v) is 8.19. The summed E-state index contributed by atoms with van der Waals surface area (Å²) >= 11 is 0. The number of aromatic nitrogens is 4. The summed E-state index contributed by atoms with van der Waals surface area (Å²) < 4.78 is 1.40. The number of pyridine rings is 1. The van der Waals surface area contributed by atoms with Gasteiger partial charge in [-0.25, -0.2) is 9.48 Å². The Morgan fingerprint density at radius 3 is 2.76 bits per heavy atom. The zero-order valence-corrected chi connectivity index (χ0v) is 14.3. The van der Waals surface area contributed by atoms with E-state index in [0.717, 1.165) is 16.8 Å². The minimum absolute atomic E-state index is 0.00276. The van der Waals surface area contributed by atoms with Gasteiger partial charge in [-0.2, -0.15) is 5.10 Å². The summed E-state index contributed by atoms with van der Waals surface area (Å²) in [5.74, 6) is 0.102. The molecule has 0 aliphatic heterocycles. The maximum atomic E-state index is 12.4. The molecule has 0 aliphatic rings. The summed E-state index contributed by atoms with van der Waals surface area (Å²) in [4.78, 5) is 30.8. The third kappa shape index (κ3) is 4.09. The van der Waals surface area contributed by atoms with Gasteiger partial charge >= 0.3 is 5.69 Å². The van der Waals surface area contributed by atoms with Crippen LogP contribution in [0.5, 0.6) is 0 Å². The number of Topliss-reactive ketones (excluding diaryl/α,β-unsaturated/α-hetero) is 1. The van der Waals surface area contributed by atoms with Crippen molar-refractivity contribution < 1.29 is 4.79 Å². The molecule has 0 bridgehead atoms. The van der Waals surface area contributed by atoms with Crippen molar-refractivity contribution >= 4 is 5.78 Å². The summed E-state index contributed by atoms with van der Waals surface area (Å²) in [6.45, 7) is 4.39. The normalized spacial score (nSPS) is 12.1. The van der Waals surface area contributed by atoms with E-state index in [-0.39, 0.29) is 17.4 Å². The Hall–Kier alpha value is -3.02. The van der Waals surface area contributed by atoms with Gasteiger partial charge in [0, 0.05) is 18.0 Å². The van der Waals surface area contributed by atoms with Crippen molar-refractivity contribution in [2.45, 2.75) is 32.7 Å². The second-order valence-corrected chi connectivity index (χ2v) is 6.19. The standard InChI is InChI=1S/C19H20N4O2/c1-13(11-23-19(25)20-12-21-23)16-7-4-6-15(9-16)10-18(24)17-8-3-5-14(2)22-17/h3-9,12-13H,10-11H2,1-2H3,(H,20,21,25). The largest absolute Gasteiger partial charge is 0.343 e. The van der Waals surface area contributed by atoms with Crippen molar-refractivity contribution in [1.29, 1.82) is 0 Å². The first kappa shape index (κ1) is 16.8. The summed E-state index contributed by atoms with van der Waals surface area (Å²) in [7, 11) is 0. The van der Waals surface area contributed by atoms with Crippen molar-refractivity contribution in [3.05, 3.63) is 81.8 Å². The number of aryl methyl sites for hydroxylation is 1. The average Bonchev–Trinajstić information content (AvgIpc) is 3.00. The van der Waals surface area contributed by atoms with Crippen LogP contribution in [0, 0.1) is 6.92 Å². The number of ketones is 1. The van der Waals surface area contributed by atoms with Crippen LogP contribution in [0.1, 0.15) is 40.2 Å². The van der Waals surface area contributed by atoms with Gasteiger partial charge in [-0.3, -0.25) is 14.8 Å². The molecule has 0 aliphatic carbocycles. The molecular weight excluding hydrogens is 316 g/mol. The van der Waals surface area contributed by atoms with Gasteiger partial charge < -0.3 is 0 Å². The molecule has 2 aromatic heterocycles. The summed E-state index contributed by atoms with van der Waals surface area (Å²) in [6.07, 6.45) is 1.69. The SMILES string of the molecule is Cc1cccc(C(=O)Cc2cccc(C(C)Cn3nc[nH]c3=O)c2)n1. The minimum Gasteiger partial charge on any atom is -0.295 e. The van der Waals surface area contributed by atoms with E-state index < -0.39 is 0 Å². The van der Waals surface area contributed by atoms with Crippen LogP contribution < -0.4 is 5.69 Å². The predicted molar refractivity (Wildman–Crippen MR) is 94.7 cm³/mol. The number of carbonyl (C=O) groups excluding carboxylic acids is 1. The van der Waals surface area contributed by atoms with Gasteiger partial charge in [-0.15, -0.1) is 0 Å². The Labute approximate surface area is 145 Å². The smallest absolute Gasteiger partial charge is 0.295 e. The van der Waals surface area contributed by atoms with Gasteiger partial charge in [0.1, 0.15) is 12.0 Å². The number of aromatic amines is 1. The Bertz CT molecular complexity index is 942. The molecule has 0 amide bonds. The van der Waals surface area contributed by atoms with Crippen molar-refractivity contribution in [1.82, 2.24) is 19.7 Å². The third-order valence-electron chi connectivity index (χ3n) is 4.13. The second-order valence-electron chi connectivity index (χ2n) is 6.19. The van der Waals surface area contributed by atoms with E-state index >= 15 is 0 Å². The molecule has 0 spiro atoms. The Morgan fingerprint density at radius 2 is 2.04 bits per heavy atom. The summed E-state index contributed by atoms with van der Waals surface area (Å²) in [5, 5.41) is 3.99. The number of rotatable bonds is 6. The first-order chi connectivity index (χ1) is 12.0. The predicted octanol–water partition coefficient (Wildman–Crippen LogP) is 2.50. The highest BCUT2D eigenvalue weighted by molar-refractivity contribution is 5.95. The molecular formula is C19H20N4O2. The molecule has 2 heterocycles. The molecule has 25 heavy (non-hydrogen) atoms. The minimum atomic E-state index is -0.219. The highest BCUT2D eigenvalue weighted by Gasteiger charge is 2.12. The van der Waals surface area contributed by atoms with Crippen LogP contribution in [0.15, 0.2) is 53.6 Å². The lowest BCUT2D eigenvalue weighted by Gasteiger charge is -2.12. The lowest BCUT2D eigenvalue weighted by molar-refractivity contribution is 0.0988. The number of benzene rings is 1. The topological polar surface area (TPSA) is 80.6 Å². The van der Waals surface area contributed by atoms with Crippen molar-refractivity contribution in [2.24, 2.45) is 0 Å². The maximum absolute atomic E-state index is 12.4. The van der Waals surface area contributed by atoms with Crippen LogP contribution >= 0.6 is 0 Å². The fourth-order valence-electron chi connectivity index (χ4n) is 2.76. The van der Waals surface area contributed by atoms with Crippen molar-refractivity contribution in [2.75, 3.05) is 0 Å². The number of carbonyl (C=O) groups is 1. The molecule has 1 aromatic carbocycles. The Morgan fingerprint density at radius 1 is 1.24 bits per heavy atom. The first-order valence-electron chi connectivity index (χ1n) is 8.19. The van der Waals surface area contributed by atoms with Crippen LogP contribution in [0.25, 0.3) is 0 Å².